The Morgan fingerprint density at radius 1 is 1.10 bits per heavy atom. The number of nitrogens with zero attached hydrogens (tertiary/aromatic N) is 2. The summed E-state index contributed by atoms with van der Waals surface area (Å²) in [6, 6.07) is 15.7. The molecule has 0 fully saturated rings. The second kappa shape index (κ2) is 8.76. The van der Waals surface area contributed by atoms with Crippen molar-refractivity contribution in [2.45, 2.75) is 52.6 Å². The lowest BCUT2D eigenvalue weighted by Crippen LogP contribution is -2.30. The van der Waals surface area contributed by atoms with E-state index < -0.39 is 12.1 Å². The highest BCUT2D eigenvalue weighted by Gasteiger charge is 2.22. The molecule has 0 spiro atoms. The maximum absolute atomic E-state index is 12.5. The predicted octanol–water partition coefficient (Wildman–Crippen LogP) is 4.09. The molecule has 1 aromatic heterocycles. The molecule has 1 atom stereocenters. The molecular formula is C25H27N3O3. The molecular weight excluding hydrogens is 390 g/mol. The van der Waals surface area contributed by atoms with E-state index in [2.05, 4.69) is 16.5 Å². The van der Waals surface area contributed by atoms with Crippen LogP contribution in [0.5, 0.6) is 0 Å². The molecule has 0 unspecified atom stereocenters. The molecule has 6 nitrogen and oxygen atoms in total. The lowest BCUT2D eigenvalue weighted by atomic mass is 10.1. The van der Waals surface area contributed by atoms with E-state index in [4.69, 9.17) is 4.74 Å². The lowest BCUT2D eigenvalue weighted by molar-refractivity contribution is -0.152. The Morgan fingerprint density at radius 3 is 2.61 bits per heavy atom. The van der Waals surface area contributed by atoms with Gasteiger partial charge in [-0.2, -0.15) is 5.10 Å². The average molecular weight is 418 g/mol. The number of esters is 1. The van der Waals surface area contributed by atoms with E-state index in [9.17, 15) is 9.59 Å². The van der Waals surface area contributed by atoms with Crippen LogP contribution in [0.2, 0.25) is 0 Å². The third-order valence-corrected chi connectivity index (χ3v) is 5.81. The summed E-state index contributed by atoms with van der Waals surface area (Å²) in [5, 5.41) is 7.42. The number of carbonyl (C=O) groups excluding carboxylic acids is 2. The summed E-state index contributed by atoms with van der Waals surface area (Å²) in [5.74, 6) is -0.782. The summed E-state index contributed by atoms with van der Waals surface area (Å²) in [4.78, 5) is 25.1. The number of rotatable bonds is 6. The van der Waals surface area contributed by atoms with E-state index >= 15 is 0 Å². The number of aromatic nitrogens is 2. The van der Waals surface area contributed by atoms with Gasteiger partial charge in [0.2, 0.25) is 0 Å². The van der Waals surface area contributed by atoms with Crippen LogP contribution < -0.4 is 5.32 Å². The normalized spacial score (nSPS) is 13.5. The van der Waals surface area contributed by atoms with Crippen LogP contribution in [0.1, 0.15) is 41.4 Å². The van der Waals surface area contributed by atoms with Gasteiger partial charge in [-0.1, -0.05) is 24.3 Å². The number of carbonyl (C=O) groups is 2. The molecule has 0 aliphatic heterocycles. The van der Waals surface area contributed by atoms with Crippen LogP contribution in [0.4, 0.5) is 5.69 Å². The largest absolute Gasteiger partial charge is 0.452 e. The van der Waals surface area contributed by atoms with Crippen molar-refractivity contribution in [3.05, 3.63) is 76.6 Å². The minimum absolute atomic E-state index is 0.0704. The zero-order valence-electron chi connectivity index (χ0n) is 18.1. The first-order valence-electron chi connectivity index (χ1n) is 10.6. The Kier molecular flexibility index (Phi) is 5.89. The molecule has 1 heterocycles. The Balaban J connectivity index is 1.38. The van der Waals surface area contributed by atoms with Crippen LogP contribution in [-0.4, -0.2) is 27.8 Å². The SMILES string of the molecule is Cc1nn(-c2ccccc2)c(C)c1CC(=O)O[C@H](C)C(=O)Nc1ccc2c(c1)CCC2. The average Bonchev–Trinajstić information content (AvgIpc) is 3.33. The number of fused-ring (bicyclic) bond motifs is 1. The van der Waals surface area contributed by atoms with E-state index in [0.29, 0.717) is 0 Å². The van der Waals surface area contributed by atoms with E-state index in [1.165, 1.54) is 11.1 Å². The molecule has 1 aliphatic carbocycles. The van der Waals surface area contributed by atoms with Crippen molar-refractivity contribution in [2.75, 3.05) is 5.32 Å². The van der Waals surface area contributed by atoms with E-state index in [1.807, 2.05) is 61.0 Å². The van der Waals surface area contributed by atoms with Crippen LogP contribution in [0.3, 0.4) is 0 Å². The zero-order valence-corrected chi connectivity index (χ0v) is 18.1. The molecule has 1 aliphatic rings. The molecule has 0 saturated carbocycles. The quantitative estimate of drug-likeness (QED) is 0.613. The van der Waals surface area contributed by atoms with Gasteiger partial charge in [0.1, 0.15) is 0 Å². The third-order valence-electron chi connectivity index (χ3n) is 5.81. The molecule has 4 rings (SSSR count). The van der Waals surface area contributed by atoms with Gasteiger partial charge in [0.05, 0.1) is 17.8 Å². The van der Waals surface area contributed by atoms with Gasteiger partial charge < -0.3 is 10.1 Å². The van der Waals surface area contributed by atoms with E-state index in [-0.39, 0.29) is 12.3 Å². The topological polar surface area (TPSA) is 73.2 Å². The fraction of sp³-hybridized carbons (Fsp3) is 0.320. The van der Waals surface area contributed by atoms with E-state index in [1.54, 1.807) is 6.92 Å². The minimum Gasteiger partial charge on any atom is -0.452 e. The van der Waals surface area contributed by atoms with Crippen LogP contribution in [0.15, 0.2) is 48.5 Å². The number of nitrogens with one attached hydrogen (secondary N) is 1. The first-order chi connectivity index (χ1) is 14.9. The van der Waals surface area contributed by atoms with Crippen molar-refractivity contribution in [3.8, 4) is 5.69 Å². The summed E-state index contributed by atoms with van der Waals surface area (Å²) in [6.07, 6.45) is 2.47. The molecule has 0 radical (unpaired) electrons. The molecule has 160 valence electrons. The fourth-order valence-electron chi connectivity index (χ4n) is 4.08. The number of benzene rings is 2. The van der Waals surface area contributed by atoms with Crippen molar-refractivity contribution in [1.82, 2.24) is 9.78 Å². The summed E-state index contributed by atoms with van der Waals surface area (Å²) >= 11 is 0. The molecule has 0 bridgehead atoms. The van der Waals surface area contributed by atoms with Gasteiger partial charge in [-0.25, -0.2) is 4.68 Å². The third kappa shape index (κ3) is 4.53. The smallest absolute Gasteiger partial charge is 0.311 e. The van der Waals surface area contributed by atoms with Crippen molar-refractivity contribution in [3.63, 3.8) is 0 Å². The summed E-state index contributed by atoms with van der Waals surface area (Å²) < 4.78 is 7.24. The highest BCUT2D eigenvalue weighted by molar-refractivity contribution is 5.95. The number of amides is 1. The molecule has 3 aromatic rings. The highest BCUT2D eigenvalue weighted by Crippen LogP contribution is 2.25. The number of para-hydroxylation sites is 1. The van der Waals surface area contributed by atoms with Gasteiger partial charge in [0.15, 0.2) is 6.10 Å². The van der Waals surface area contributed by atoms with Crippen molar-refractivity contribution < 1.29 is 14.3 Å². The lowest BCUT2D eigenvalue weighted by Gasteiger charge is -2.14. The van der Waals surface area contributed by atoms with Gasteiger partial charge in [0, 0.05) is 16.9 Å². The first-order valence-corrected chi connectivity index (χ1v) is 10.6. The van der Waals surface area contributed by atoms with E-state index in [0.717, 1.165) is 47.6 Å². The van der Waals surface area contributed by atoms with Crippen molar-refractivity contribution in [2.24, 2.45) is 0 Å². The molecule has 1 amide bonds. The summed E-state index contributed by atoms with van der Waals surface area (Å²) in [6.45, 7) is 5.40. The molecule has 2 aromatic carbocycles. The van der Waals surface area contributed by atoms with Crippen molar-refractivity contribution in [1.29, 1.82) is 0 Å². The Morgan fingerprint density at radius 2 is 1.84 bits per heavy atom. The summed E-state index contributed by atoms with van der Waals surface area (Å²) in [7, 11) is 0. The fourth-order valence-corrected chi connectivity index (χ4v) is 4.08. The predicted molar refractivity (Wildman–Crippen MR) is 119 cm³/mol. The number of hydrogen-bond acceptors (Lipinski definition) is 4. The van der Waals surface area contributed by atoms with Crippen molar-refractivity contribution >= 4 is 17.6 Å². The molecule has 0 saturated heterocycles. The molecule has 6 heteroatoms. The van der Waals surface area contributed by atoms with Crippen LogP contribution in [0.25, 0.3) is 5.69 Å². The standard InChI is InChI=1S/C25H27N3O3/c1-16-23(17(2)28(27-16)22-10-5-4-6-11-22)15-24(29)31-18(3)25(30)26-21-13-12-19-8-7-9-20(19)14-21/h4-6,10-14,18H,7-9,15H2,1-3H3,(H,26,30)/t18-/m1/s1. The van der Waals surface area contributed by atoms with Crippen LogP contribution >= 0.6 is 0 Å². The van der Waals surface area contributed by atoms with Gasteiger partial charge in [-0.3, -0.25) is 9.59 Å². The monoisotopic (exact) mass is 417 g/mol. The minimum atomic E-state index is -0.884. The number of ether oxygens (including phenoxy) is 1. The Labute approximate surface area is 182 Å². The number of anilines is 1. The maximum atomic E-state index is 12.5. The highest BCUT2D eigenvalue weighted by atomic mass is 16.5. The first kappa shape index (κ1) is 20.8. The van der Waals surface area contributed by atoms with Gasteiger partial charge in [0.25, 0.3) is 5.91 Å². The number of aryl methyl sites for hydroxylation is 3. The number of hydrogen-bond donors (Lipinski definition) is 1. The van der Waals surface area contributed by atoms with Gasteiger partial charge >= 0.3 is 5.97 Å². The van der Waals surface area contributed by atoms with Crippen LogP contribution in [0, 0.1) is 13.8 Å². The second-order valence-corrected chi connectivity index (χ2v) is 8.03. The Bertz CT molecular complexity index is 1120. The van der Waals surface area contributed by atoms with Gasteiger partial charge in [-0.05, 0) is 75.4 Å². The zero-order chi connectivity index (χ0) is 22.0. The molecule has 31 heavy (non-hydrogen) atoms. The molecule has 1 N–H and O–H groups in total. The van der Waals surface area contributed by atoms with Crippen LogP contribution in [-0.2, 0) is 33.6 Å². The summed E-state index contributed by atoms with van der Waals surface area (Å²) in [5.41, 5.74) is 6.78. The Hall–Kier alpha value is -3.41. The second-order valence-electron chi connectivity index (χ2n) is 8.03. The maximum Gasteiger partial charge on any atom is 0.311 e. The van der Waals surface area contributed by atoms with Gasteiger partial charge in [-0.15, -0.1) is 0 Å².